The van der Waals surface area contributed by atoms with Crippen LogP contribution in [0.25, 0.3) is 10.9 Å². The lowest BCUT2D eigenvalue weighted by atomic mass is 9.81. The van der Waals surface area contributed by atoms with E-state index in [9.17, 15) is 4.79 Å². The molecule has 0 aliphatic carbocycles. The quantitative estimate of drug-likeness (QED) is 0.694. The van der Waals surface area contributed by atoms with Crippen molar-refractivity contribution in [2.24, 2.45) is 5.41 Å². The number of halogens is 1. The Kier molecular flexibility index (Phi) is 5.57. The van der Waals surface area contributed by atoms with Crippen molar-refractivity contribution in [1.82, 2.24) is 9.78 Å². The molecular weight excluding hydrogens is 328 g/mol. The van der Waals surface area contributed by atoms with Gasteiger partial charge in [0.1, 0.15) is 0 Å². The fraction of sp³-hybridized carbons (Fsp3) is 0.529. The van der Waals surface area contributed by atoms with Crippen molar-refractivity contribution in [3.05, 3.63) is 40.7 Å². The van der Waals surface area contributed by atoms with Gasteiger partial charge in [0.15, 0.2) is 0 Å². The van der Waals surface area contributed by atoms with E-state index in [1.54, 1.807) is 0 Å². The van der Waals surface area contributed by atoms with Gasteiger partial charge in [0.25, 0.3) is 0 Å². The van der Waals surface area contributed by atoms with E-state index in [4.69, 9.17) is 0 Å². The maximum absolute atomic E-state index is 11.9. The first-order valence-electron chi connectivity index (χ1n) is 7.66. The predicted octanol–water partition coefficient (Wildman–Crippen LogP) is 4.38. The van der Waals surface area contributed by atoms with Gasteiger partial charge in [-0.25, -0.2) is 0 Å². The highest BCUT2D eigenvalue weighted by Crippen LogP contribution is 2.34. The molecule has 0 fully saturated rings. The summed E-state index contributed by atoms with van der Waals surface area (Å²) >= 11 is 3.71. The molecule has 4 heteroatoms. The zero-order chi connectivity index (χ0) is 15.3. The molecular formula is C17H23BrN2O. The van der Waals surface area contributed by atoms with Gasteiger partial charge in [-0.15, -0.1) is 0 Å². The normalized spacial score (nSPS) is 12.0. The lowest BCUT2D eigenvalue weighted by Crippen LogP contribution is -2.30. The van der Waals surface area contributed by atoms with Crippen LogP contribution in [0.3, 0.4) is 0 Å². The zero-order valence-electron chi connectivity index (χ0n) is 12.8. The molecule has 0 unspecified atom stereocenters. The molecule has 0 radical (unpaired) electrons. The summed E-state index contributed by atoms with van der Waals surface area (Å²) in [7, 11) is 0. The molecule has 0 aliphatic rings. The van der Waals surface area contributed by atoms with E-state index < -0.39 is 0 Å². The number of fused-ring (bicyclic) bond motifs is 1. The molecule has 1 heterocycles. The highest BCUT2D eigenvalue weighted by atomic mass is 79.9. The van der Waals surface area contributed by atoms with Crippen LogP contribution >= 0.6 is 15.9 Å². The first kappa shape index (κ1) is 16.2. The molecule has 0 saturated heterocycles. The van der Waals surface area contributed by atoms with Gasteiger partial charge in [0.05, 0.1) is 11.7 Å². The van der Waals surface area contributed by atoms with Crippen molar-refractivity contribution in [3.63, 3.8) is 0 Å². The topological polar surface area (TPSA) is 34.9 Å². The summed E-state index contributed by atoms with van der Waals surface area (Å²) in [5.74, 6) is 0. The number of nitrogens with zero attached hydrogens (tertiary/aromatic N) is 2. The molecule has 0 atom stereocenters. The van der Waals surface area contributed by atoms with Crippen LogP contribution in [0.4, 0.5) is 0 Å². The van der Waals surface area contributed by atoms with Crippen LogP contribution in [0.5, 0.6) is 0 Å². The van der Waals surface area contributed by atoms with E-state index >= 15 is 0 Å². The van der Waals surface area contributed by atoms with Gasteiger partial charge in [-0.05, 0) is 30.4 Å². The van der Waals surface area contributed by atoms with Gasteiger partial charge in [-0.1, -0.05) is 54.8 Å². The Labute approximate surface area is 134 Å². The van der Waals surface area contributed by atoms with Crippen LogP contribution in [-0.4, -0.2) is 15.1 Å². The first-order chi connectivity index (χ1) is 10.2. The van der Waals surface area contributed by atoms with E-state index in [2.05, 4.69) is 34.9 Å². The van der Waals surface area contributed by atoms with Crippen molar-refractivity contribution < 1.29 is 0 Å². The third-order valence-electron chi connectivity index (χ3n) is 4.09. The average Bonchev–Trinajstić information content (AvgIpc) is 2.51. The van der Waals surface area contributed by atoms with Crippen molar-refractivity contribution in [2.45, 2.75) is 46.1 Å². The maximum atomic E-state index is 11.9. The third-order valence-corrected chi connectivity index (χ3v) is 5.28. The minimum atomic E-state index is -0.00252. The van der Waals surface area contributed by atoms with E-state index in [0.29, 0.717) is 0 Å². The predicted molar refractivity (Wildman–Crippen MR) is 92.0 cm³/mol. The number of para-hydroxylation sites is 1. The molecule has 2 rings (SSSR count). The summed E-state index contributed by atoms with van der Waals surface area (Å²) in [6.07, 6.45) is 6.08. The molecule has 0 spiro atoms. The number of hydrogen-bond acceptors (Lipinski definition) is 2. The molecule has 2 aromatic rings. The Morgan fingerprint density at radius 2 is 1.86 bits per heavy atom. The Hall–Kier alpha value is -1.16. The second-order valence-electron chi connectivity index (χ2n) is 5.82. The number of aromatic nitrogens is 2. The molecule has 1 aromatic carbocycles. The van der Waals surface area contributed by atoms with E-state index in [1.807, 2.05) is 28.9 Å². The van der Waals surface area contributed by atoms with Crippen LogP contribution in [0.2, 0.25) is 0 Å². The second kappa shape index (κ2) is 7.21. The smallest absolute Gasteiger partial charge is 0.207 e. The highest BCUT2D eigenvalue weighted by molar-refractivity contribution is 9.09. The van der Waals surface area contributed by atoms with Crippen LogP contribution in [0.15, 0.2) is 35.3 Å². The zero-order valence-corrected chi connectivity index (χ0v) is 14.4. The molecule has 0 saturated carbocycles. The van der Waals surface area contributed by atoms with Gasteiger partial charge in [0.2, 0.25) is 5.43 Å². The van der Waals surface area contributed by atoms with Gasteiger partial charge in [-0.2, -0.15) is 5.10 Å². The van der Waals surface area contributed by atoms with Gasteiger partial charge >= 0.3 is 0 Å². The molecule has 0 bridgehead atoms. The Morgan fingerprint density at radius 1 is 1.19 bits per heavy atom. The van der Waals surface area contributed by atoms with Crippen LogP contribution in [-0.2, 0) is 6.54 Å². The molecule has 0 amide bonds. The highest BCUT2D eigenvalue weighted by Gasteiger charge is 2.28. The van der Waals surface area contributed by atoms with Crippen LogP contribution < -0.4 is 5.43 Å². The molecule has 21 heavy (non-hydrogen) atoms. The molecule has 0 N–H and O–H groups in total. The fourth-order valence-electron chi connectivity index (χ4n) is 3.12. The van der Waals surface area contributed by atoms with E-state index in [0.717, 1.165) is 48.5 Å². The number of alkyl halides is 1. The van der Waals surface area contributed by atoms with Crippen molar-refractivity contribution in [1.29, 1.82) is 0 Å². The van der Waals surface area contributed by atoms with E-state index in [-0.39, 0.29) is 10.8 Å². The summed E-state index contributed by atoms with van der Waals surface area (Å²) in [5, 5.41) is 6.10. The molecule has 0 aliphatic heterocycles. The van der Waals surface area contributed by atoms with Crippen LogP contribution in [0, 0.1) is 5.41 Å². The maximum Gasteiger partial charge on any atom is 0.207 e. The van der Waals surface area contributed by atoms with Crippen LogP contribution in [0.1, 0.15) is 39.5 Å². The minimum absolute atomic E-state index is 0.00252. The summed E-state index contributed by atoms with van der Waals surface area (Å²) in [6, 6.07) is 7.74. The van der Waals surface area contributed by atoms with Crippen molar-refractivity contribution >= 4 is 26.8 Å². The number of rotatable bonds is 7. The lowest BCUT2D eigenvalue weighted by Gasteiger charge is -2.32. The Balaban J connectivity index is 2.46. The first-order valence-corrected chi connectivity index (χ1v) is 8.79. The number of benzene rings is 1. The molecule has 1 aromatic heterocycles. The average molecular weight is 351 g/mol. The number of hydrogen-bond donors (Lipinski definition) is 0. The largest absolute Gasteiger partial charge is 0.287 e. The standard InChI is InChI=1S/C17H23BrN2O/c1-3-9-17(12-18,10-4-2)13-20-15-8-6-5-7-14(15)16(21)11-19-20/h5-8,11H,3-4,9-10,12-13H2,1-2H3. The van der Waals surface area contributed by atoms with Gasteiger partial charge in [0, 0.05) is 17.3 Å². The Morgan fingerprint density at radius 3 is 2.48 bits per heavy atom. The Bertz CT molecular complexity index is 645. The van der Waals surface area contributed by atoms with Crippen molar-refractivity contribution in [3.8, 4) is 0 Å². The molecule has 114 valence electrons. The van der Waals surface area contributed by atoms with Crippen molar-refractivity contribution in [2.75, 3.05) is 5.33 Å². The lowest BCUT2D eigenvalue weighted by molar-refractivity contribution is 0.225. The van der Waals surface area contributed by atoms with Gasteiger partial charge < -0.3 is 0 Å². The second-order valence-corrected chi connectivity index (χ2v) is 6.38. The summed E-state index contributed by atoms with van der Waals surface area (Å²) in [5.41, 5.74) is 1.13. The third kappa shape index (κ3) is 3.54. The van der Waals surface area contributed by atoms with Gasteiger partial charge in [-0.3, -0.25) is 9.48 Å². The summed E-state index contributed by atoms with van der Waals surface area (Å²) < 4.78 is 2.00. The summed E-state index contributed by atoms with van der Waals surface area (Å²) in [4.78, 5) is 11.9. The SMILES string of the molecule is CCCC(CBr)(CCC)Cn1ncc(=O)c2ccccc21. The molecule has 3 nitrogen and oxygen atoms in total. The monoisotopic (exact) mass is 350 g/mol. The van der Waals surface area contributed by atoms with E-state index in [1.165, 1.54) is 6.20 Å². The fourth-order valence-corrected chi connectivity index (χ4v) is 3.86. The minimum Gasteiger partial charge on any atom is -0.287 e. The summed E-state index contributed by atoms with van der Waals surface area (Å²) in [6.45, 7) is 5.30.